The molecule has 24 heavy (non-hydrogen) atoms. The molecule has 2 aliphatic rings. The summed E-state index contributed by atoms with van der Waals surface area (Å²) in [6.07, 6.45) is 2.08. The van der Waals surface area contributed by atoms with E-state index in [2.05, 4.69) is 25.0 Å². The third kappa shape index (κ3) is 3.93. The molecule has 2 aliphatic heterocycles. The molecule has 8 heteroatoms. The Kier molecular flexibility index (Phi) is 5.80. The highest BCUT2D eigenvalue weighted by atomic mass is 16.5. The molecule has 1 aromatic heterocycles. The van der Waals surface area contributed by atoms with Gasteiger partial charge in [-0.15, -0.1) is 10.2 Å². The Balaban J connectivity index is 1.64. The van der Waals surface area contributed by atoms with Crippen molar-refractivity contribution < 1.29 is 9.53 Å². The number of carbonyl (C=O) groups excluding carboxylic acids is 1. The monoisotopic (exact) mass is 336 g/mol. The van der Waals surface area contributed by atoms with Crippen LogP contribution in [0, 0.1) is 0 Å². The molecule has 134 valence electrons. The van der Waals surface area contributed by atoms with E-state index in [0.717, 1.165) is 70.4 Å². The van der Waals surface area contributed by atoms with Gasteiger partial charge in [0, 0.05) is 39.1 Å². The Bertz CT molecular complexity index is 555. The summed E-state index contributed by atoms with van der Waals surface area (Å²) < 4.78 is 7.51. The Morgan fingerprint density at radius 2 is 2.08 bits per heavy atom. The second-order valence-electron chi connectivity index (χ2n) is 6.63. The molecule has 1 atom stereocenters. The van der Waals surface area contributed by atoms with Crippen molar-refractivity contribution in [2.24, 2.45) is 7.05 Å². The van der Waals surface area contributed by atoms with E-state index in [1.54, 1.807) is 7.05 Å². The maximum atomic E-state index is 12.1. The van der Waals surface area contributed by atoms with Crippen LogP contribution in [0.5, 0.6) is 0 Å². The lowest BCUT2D eigenvalue weighted by Gasteiger charge is -2.32. The van der Waals surface area contributed by atoms with E-state index >= 15 is 0 Å². The van der Waals surface area contributed by atoms with Gasteiger partial charge in [-0.05, 0) is 19.9 Å². The molecule has 1 aromatic rings. The Hall–Kier alpha value is -1.51. The molecule has 1 N–H and O–H groups in total. The van der Waals surface area contributed by atoms with Crippen LogP contribution in [0.25, 0.3) is 0 Å². The second kappa shape index (κ2) is 8.04. The van der Waals surface area contributed by atoms with Crippen molar-refractivity contribution in [3.05, 3.63) is 11.6 Å². The molecule has 0 aliphatic carbocycles. The van der Waals surface area contributed by atoms with Crippen molar-refractivity contribution in [3.8, 4) is 0 Å². The van der Waals surface area contributed by atoms with Gasteiger partial charge in [-0.25, -0.2) is 0 Å². The van der Waals surface area contributed by atoms with Gasteiger partial charge in [0.05, 0.1) is 26.3 Å². The SMILES string of the molecule is CNCC(=O)N1CCC[C@@H](c2nnc(CN3CCOCC3)n2C)C1. The fourth-order valence-electron chi connectivity index (χ4n) is 3.51. The molecule has 3 rings (SSSR count). The van der Waals surface area contributed by atoms with E-state index in [-0.39, 0.29) is 11.8 Å². The normalized spacial score (nSPS) is 22.8. The first-order valence-electron chi connectivity index (χ1n) is 8.79. The maximum Gasteiger partial charge on any atom is 0.236 e. The van der Waals surface area contributed by atoms with Crippen molar-refractivity contribution in [3.63, 3.8) is 0 Å². The van der Waals surface area contributed by atoms with Crippen LogP contribution in [0.3, 0.4) is 0 Å². The number of hydrogen-bond donors (Lipinski definition) is 1. The van der Waals surface area contributed by atoms with Crippen LogP contribution in [0.4, 0.5) is 0 Å². The largest absolute Gasteiger partial charge is 0.379 e. The van der Waals surface area contributed by atoms with Gasteiger partial charge < -0.3 is 19.5 Å². The average Bonchev–Trinajstić information content (AvgIpc) is 2.97. The molecule has 1 amide bonds. The van der Waals surface area contributed by atoms with Crippen LogP contribution < -0.4 is 5.32 Å². The third-order valence-electron chi connectivity index (χ3n) is 4.93. The minimum Gasteiger partial charge on any atom is -0.379 e. The summed E-state index contributed by atoms with van der Waals surface area (Å²) in [6, 6.07) is 0. The molecule has 0 unspecified atom stereocenters. The fourth-order valence-corrected chi connectivity index (χ4v) is 3.51. The highest BCUT2D eigenvalue weighted by Crippen LogP contribution is 2.26. The number of ether oxygens (including phenoxy) is 1. The van der Waals surface area contributed by atoms with Crippen molar-refractivity contribution in [2.75, 3.05) is 53.0 Å². The molecule has 3 heterocycles. The van der Waals surface area contributed by atoms with Crippen molar-refractivity contribution in [1.82, 2.24) is 29.9 Å². The number of rotatable bonds is 5. The first kappa shape index (κ1) is 17.3. The molecule has 0 saturated carbocycles. The van der Waals surface area contributed by atoms with Crippen LogP contribution >= 0.6 is 0 Å². The lowest BCUT2D eigenvalue weighted by Crippen LogP contribution is -2.43. The summed E-state index contributed by atoms with van der Waals surface area (Å²) in [6.45, 7) is 6.25. The molecule has 0 bridgehead atoms. The standard InChI is InChI=1S/C16H28N6O2/c1-17-10-15(23)22-5-3-4-13(11-22)16-19-18-14(20(16)2)12-21-6-8-24-9-7-21/h13,17H,3-12H2,1-2H3/t13-/m1/s1. The first-order chi connectivity index (χ1) is 11.7. The number of carbonyl (C=O) groups is 1. The van der Waals surface area contributed by atoms with Crippen LogP contribution in [-0.4, -0.2) is 83.5 Å². The highest BCUT2D eigenvalue weighted by molar-refractivity contribution is 5.78. The van der Waals surface area contributed by atoms with Gasteiger partial charge >= 0.3 is 0 Å². The molecule has 0 spiro atoms. The summed E-state index contributed by atoms with van der Waals surface area (Å²) in [7, 11) is 3.85. The summed E-state index contributed by atoms with van der Waals surface area (Å²) in [5.74, 6) is 2.43. The van der Waals surface area contributed by atoms with Gasteiger partial charge in [-0.2, -0.15) is 0 Å². The zero-order chi connectivity index (χ0) is 16.9. The van der Waals surface area contributed by atoms with E-state index in [9.17, 15) is 4.79 Å². The van der Waals surface area contributed by atoms with Gasteiger partial charge in [0.1, 0.15) is 11.6 Å². The zero-order valence-corrected chi connectivity index (χ0v) is 14.7. The molecule has 8 nitrogen and oxygen atoms in total. The Morgan fingerprint density at radius 3 is 2.83 bits per heavy atom. The lowest BCUT2D eigenvalue weighted by molar-refractivity contribution is -0.131. The van der Waals surface area contributed by atoms with Crippen molar-refractivity contribution >= 4 is 5.91 Å². The predicted molar refractivity (Wildman–Crippen MR) is 89.6 cm³/mol. The summed E-state index contributed by atoms with van der Waals surface area (Å²) >= 11 is 0. The number of piperidine rings is 1. The second-order valence-corrected chi connectivity index (χ2v) is 6.63. The van der Waals surface area contributed by atoms with E-state index < -0.39 is 0 Å². The quantitative estimate of drug-likeness (QED) is 0.787. The number of amides is 1. The number of aromatic nitrogens is 3. The van der Waals surface area contributed by atoms with Gasteiger partial charge in [0.15, 0.2) is 0 Å². The molecule has 2 saturated heterocycles. The molecular weight excluding hydrogens is 308 g/mol. The maximum absolute atomic E-state index is 12.1. The van der Waals surface area contributed by atoms with Crippen LogP contribution in [0.2, 0.25) is 0 Å². The van der Waals surface area contributed by atoms with Crippen molar-refractivity contribution in [2.45, 2.75) is 25.3 Å². The minimum absolute atomic E-state index is 0.165. The number of likely N-dealkylation sites (tertiary alicyclic amines) is 1. The summed E-state index contributed by atoms with van der Waals surface area (Å²) in [5.41, 5.74) is 0. The zero-order valence-electron chi connectivity index (χ0n) is 14.7. The van der Waals surface area contributed by atoms with E-state index in [4.69, 9.17) is 4.74 Å². The molecule has 0 radical (unpaired) electrons. The van der Waals surface area contributed by atoms with Gasteiger partial charge in [-0.3, -0.25) is 9.69 Å². The predicted octanol–water partition coefficient (Wildman–Crippen LogP) is -0.427. The van der Waals surface area contributed by atoms with Crippen LogP contribution in [0.1, 0.15) is 30.4 Å². The van der Waals surface area contributed by atoms with Crippen LogP contribution in [0.15, 0.2) is 0 Å². The minimum atomic E-state index is 0.165. The number of likely N-dealkylation sites (N-methyl/N-ethyl adjacent to an activating group) is 1. The molecule has 2 fully saturated rings. The first-order valence-corrected chi connectivity index (χ1v) is 8.79. The fraction of sp³-hybridized carbons (Fsp3) is 0.812. The summed E-state index contributed by atoms with van der Waals surface area (Å²) in [5, 5.41) is 11.8. The summed E-state index contributed by atoms with van der Waals surface area (Å²) in [4.78, 5) is 16.4. The Labute approximate surface area is 143 Å². The van der Waals surface area contributed by atoms with Gasteiger partial charge in [0.2, 0.25) is 5.91 Å². The number of hydrogen-bond acceptors (Lipinski definition) is 6. The van der Waals surface area contributed by atoms with Gasteiger partial charge in [0.25, 0.3) is 0 Å². The van der Waals surface area contributed by atoms with Gasteiger partial charge in [-0.1, -0.05) is 0 Å². The average molecular weight is 336 g/mol. The van der Waals surface area contributed by atoms with E-state index in [1.807, 2.05) is 11.9 Å². The third-order valence-corrected chi connectivity index (χ3v) is 4.93. The van der Waals surface area contributed by atoms with E-state index in [1.165, 1.54) is 0 Å². The van der Waals surface area contributed by atoms with E-state index in [0.29, 0.717) is 6.54 Å². The van der Waals surface area contributed by atoms with Crippen LogP contribution in [-0.2, 0) is 23.1 Å². The smallest absolute Gasteiger partial charge is 0.236 e. The molecule has 0 aromatic carbocycles. The lowest BCUT2D eigenvalue weighted by atomic mass is 9.97. The number of nitrogens with zero attached hydrogens (tertiary/aromatic N) is 5. The molecular formula is C16H28N6O2. The topological polar surface area (TPSA) is 75.5 Å². The highest BCUT2D eigenvalue weighted by Gasteiger charge is 2.28. The number of nitrogens with one attached hydrogen (secondary N) is 1. The number of morpholine rings is 1. The van der Waals surface area contributed by atoms with Crippen molar-refractivity contribution in [1.29, 1.82) is 0 Å². The Morgan fingerprint density at radius 1 is 1.29 bits per heavy atom.